The summed E-state index contributed by atoms with van der Waals surface area (Å²) in [5.74, 6) is -0.285. The van der Waals surface area contributed by atoms with Crippen molar-refractivity contribution in [3.8, 4) is 0 Å². The minimum Gasteiger partial charge on any atom is -0.324 e. The van der Waals surface area contributed by atoms with E-state index < -0.39 is 0 Å². The number of hydrogen-bond donors (Lipinski definition) is 2. The number of pyridine rings is 1. The number of fused-ring (bicyclic) bond motifs is 2. The van der Waals surface area contributed by atoms with Crippen molar-refractivity contribution in [3.05, 3.63) is 60.3 Å². The molecule has 4 rings (SSSR count). The number of hydrogen-bond acceptors (Lipinski definition) is 4. The average Bonchev–Trinajstić information content (AvgIpc) is 2.62. The molecule has 0 radical (unpaired) electrons. The maximum atomic E-state index is 12.6. The van der Waals surface area contributed by atoms with Gasteiger partial charge in [0.1, 0.15) is 0 Å². The van der Waals surface area contributed by atoms with E-state index in [-0.39, 0.29) is 17.1 Å². The lowest BCUT2D eigenvalue weighted by atomic mass is 10.1. The molecule has 5 nitrogen and oxygen atoms in total. The zero-order valence-corrected chi connectivity index (χ0v) is 14.3. The minimum absolute atomic E-state index is 0.0479. The van der Waals surface area contributed by atoms with Crippen molar-refractivity contribution in [1.82, 2.24) is 4.98 Å². The normalized spacial score (nSPS) is 16.2. The number of anilines is 2. The SMILES string of the molecule is CC1Sc2ccc(C(=O)Nc3cccc4cccnc34)cc2NC1=O. The molecule has 124 valence electrons. The zero-order valence-electron chi connectivity index (χ0n) is 13.4. The summed E-state index contributed by atoms with van der Waals surface area (Å²) < 4.78 is 0. The first-order chi connectivity index (χ1) is 12.1. The van der Waals surface area contributed by atoms with Crippen LogP contribution in [-0.4, -0.2) is 22.0 Å². The van der Waals surface area contributed by atoms with Crippen molar-refractivity contribution >= 4 is 45.9 Å². The molecule has 2 N–H and O–H groups in total. The molecule has 1 aliphatic rings. The summed E-state index contributed by atoms with van der Waals surface area (Å²) in [4.78, 5) is 29.8. The van der Waals surface area contributed by atoms with Gasteiger partial charge in [-0.2, -0.15) is 0 Å². The van der Waals surface area contributed by atoms with Crippen LogP contribution in [0.3, 0.4) is 0 Å². The molecule has 0 saturated heterocycles. The van der Waals surface area contributed by atoms with Gasteiger partial charge in [0.2, 0.25) is 5.91 Å². The highest BCUT2D eigenvalue weighted by Crippen LogP contribution is 2.36. The van der Waals surface area contributed by atoms with E-state index in [0.717, 1.165) is 15.8 Å². The maximum absolute atomic E-state index is 12.6. The number of para-hydroxylation sites is 1. The summed E-state index contributed by atoms with van der Waals surface area (Å²) in [6, 6.07) is 14.8. The number of amides is 2. The summed E-state index contributed by atoms with van der Waals surface area (Å²) in [5.41, 5.74) is 2.57. The smallest absolute Gasteiger partial charge is 0.255 e. The van der Waals surface area contributed by atoms with Gasteiger partial charge in [-0.1, -0.05) is 18.2 Å². The van der Waals surface area contributed by atoms with Crippen LogP contribution in [0.2, 0.25) is 0 Å². The molecule has 3 aromatic rings. The lowest BCUT2D eigenvalue weighted by Gasteiger charge is -2.21. The molecule has 1 unspecified atom stereocenters. The molecule has 2 amide bonds. The fourth-order valence-corrected chi connectivity index (χ4v) is 3.68. The van der Waals surface area contributed by atoms with Crippen LogP contribution in [0, 0.1) is 0 Å². The molecular weight excluding hydrogens is 334 g/mol. The van der Waals surface area contributed by atoms with Crippen molar-refractivity contribution in [2.75, 3.05) is 10.6 Å². The van der Waals surface area contributed by atoms with Crippen LogP contribution >= 0.6 is 11.8 Å². The molecule has 0 fully saturated rings. The Morgan fingerprint density at radius 2 is 2.04 bits per heavy atom. The molecule has 25 heavy (non-hydrogen) atoms. The van der Waals surface area contributed by atoms with Crippen LogP contribution in [0.4, 0.5) is 11.4 Å². The molecule has 0 bridgehead atoms. The van der Waals surface area contributed by atoms with Gasteiger partial charge in [-0.15, -0.1) is 11.8 Å². The molecule has 2 aromatic carbocycles. The number of aromatic nitrogens is 1. The molecule has 1 aromatic heterocycles. The highest BCUT2D eigenvalue weighted by molar-refractivity contribution is 8.00. The Hall–Kier alpha value is -2.86. The molecule has 0 aliphatic carbocycles. The fraction of sp³-hybridized carbons (Fsp3) is 0.105. The number of nitrogens with zero attached hydrogens (tertiary/aromatic N) is 1. The predicted molar refractivity (Wildman–Crippen MR) is 100 cm³/mol. The number of thioether (sulfide) groups is 1. The van der Waals surface area contributed by atoms with Crippen molar-refractivity contribution < 1.29 is 9.59 Å². The van der Waals surface area contributed by atoms with Crippen LogP contribution in [-0.2, 0) is 4.79 Å². The lowest BCUT2D eigenvalue weighted by molar-refractivity contribution is -0.115. The van der Waals surface area contributed by atoms with Gasteiger partial charge in [-0.25, -0.2) is 0 Å². The fourth-order valence-electron chi connectivity index (χ4n) is 2.75. The Morgan fingerprint density at radius 1 is 1.20 bits per heavy atom. The monoisotopic (exact) mass is 349 g/mol. The highest BCUT2D eigenvalue weighted by atomic mass is 32.2. The average molecular weight is 349 g/mol. The van der Waals surface area contributed by atoms with E-state index in [1.54, 1.807) is 18.3 Å². The van der Waals surface area contributed by atoms with Gasteiger partial charge in [0, 0.05) is 22.0 Å². The van der Waals surface area contributed by atoms with Crippen LogP contribution in [0.15, 0.2) is 59.6 Å². The first kappa shape index (κ1) is 15.7. The second-order valence-corrected chi connectivity index (χ2v) is 7.18. The summed E-state index contributed by atoms with van der Waals surface area (Å²) in [6.07, 6.45) is 1.70. The van der Waals surface area contributed by atoms with Gasteiger partial charge in [-0.05, 0) is 37.3 Å². The van der Waals surface area contributed by atoms with Gasteiger partial charge in [-0.3, -0.25) is 14.6 Å². The van der Waals surface area contributed by atoms with Gasteiger partial charge in [0.25, 0.3) is 5.91 Å². The van der Waals surface area contributed by atoms with Crippen LogP contribution in [0.25, 0.3) is 10.9 Å². The van der Waals surface area contributed by atoms with Crippen molar-refractivity contribution in [3.63, 3.8) is 0 Å². The summed E-state index contributed by atoms with van der Waals surface area (Å²) in [6.45, 7) is 1.86. The third-order valence-corrected chi connectivity index (χ3v) is 5.23. The topological polar surface area (TPSA) is 71.1 Å². The summed E-state index contributed by atoms with van der Waals surface area (Å²) in [5, 5.41) is 6.58. The number of carbonyl (C=O) groups excluding carboxylic acids is 2. The van der Waals surface area contributed by atoms with Crippen LogP contribution < -0.4 is 10.6 Å². The van der Waals surface area contributed by atoms with Gasteiger partial charge >= 0.3 is 0 Å². The Labute approximate surface area is 148 Å². The second kappa shape index (κ2) is 6.22. The third kappa shape index (κ3) is 2.96. The first-order valence-corrected chi connectivity index (χ1v) is 8.76. The van der Waals surface area contributed by atoms with Crippen LogP contribution in [0.5, 0.6) is 0 Å². The molecular formula is C19H15N3O2S. The molecule has 6 heteroatoms. The molecule has 0 saturated carbocycles. The Morgan fingerprint density at radius 3 is 2.92 bits per heavy atom. The van der Waals surface area contributed by atoms with Gasteiger partial charge < -0.3 is 10.6 Å². The number of nitrogens with one attached hydrogen (secondary N) is 2. The van der Waals surface area contributed by atoms with Crippen molar-refractivity contribution in [2.45, 2.75) is 17.1 Å². The summed E-state index contributed by atoms with van der Waals surface area (Å²) >= 11 is 1.49. The first-order valence-electron chi connectivity index (χ1n) is 7.88. The molecule has 0 spiro atoms. The van der Waals surface area contributed by atoms with E-state index in [9.17, 15) is 9.59 Å². The van der Waals surface area contributed by atoms with Crippen molar-refractivity contribution in [1.29, 1.82) is 0 Å². The van der Waals surface area contributed by atoms with Crippen molar-refractivity contribution in [2.24, 2.45) is 0 Å². The van der Waals surface area contributed by atoms with E-state index in [2.05, 4.69) is 15.6 Å². The number of benzene rings is 2. The van der Waals surface area contributed by atoms with E-state index in [1.165, 1.54) is 11.8 Å². The third-order valence-electron chi connectivity index (χ3n) is 4.05. The lowest BCUT2D eigenvalue weighted by Crippen LogP contribution is -2.26. The maximum Gasteiger partial charge on any atom is 0.255 e. The Bertz CT molecular complexity index is 998. The number of carbonyl (C=O) groups is 2. The highest BCUT2D eigenvalue weighted by Gasteiger charge is 2.23. The minimum atomic E-state index is -0.237. The van der Waals surface area contributed by atoms with E-state index in [1.807, 2.05) is 43.3 Å². The van der Waals surface area contributed by atoms with E-state index in [4.69, 9.17) is 0 Å². The Kier molecular flexibility index (Phi) is 3.89. The summed E-state index contributed by atoms with van der Waals surface area (Å²) in [7, 11) is 0. The molecule has 2 heterocycles. The van der Waals surface area contributed by atoms with Crippen LogP contribution in [0.1, 0.15) is 17.3 Å². The van der Waals surface area contributed by atoms with E-state index in [0.29, 0.717) is 16.9 Å². The quantitative estimate of drug-likeness (QED) is 0.736. The Balaban J connectivity index is 1.63. The van der Waals surface area contributed by atoms with E-state index >= 15 is 0 Å². The molecule has 1 atom stereocenters. The zero-order chi connectivity index (χ0) is 17.4. The van der Waals surface area contributed by atoms with Gasteiger partial charge in [0.15, 0.2) is 0 Å². The number of rotatable bonds is 2. The van der Waals surface area contributed by atoms with Gasteiger partial charge in [0.05, 0.1) is 22.1 Å². The predicted octanol–water partition coefficient (Wildman–Crippen LogP) is 3.92. The largest absolute Gasteiger partial charge is 0.324 e. The second-order valence-electron chi connectivity index (χ2n) is 5.80. The molecule has 1 aliphatic heterocycles. The standard InChI is InChI=1S/C19H15N3O2S/c1-11-18(23)22-15-10-13(7-8-16(15)25-11)19(24)21-14-6-2-4-12-5-3-9-20-17(12)14/h2-11H,1H3,(H,21,24)(H,22,23).